The van der Waals surface area contributed by atoms with Crippen molar-refractivity contribution in [3.8, 4) is 0 Å². The van der Waals surface area contributed by atoms with Crippen LogP contribution >= 0.6 is 0 Å². The number of pyridine rings is 1. The topological polar surface area (TPSA) is 40.2 Å². The van der Waals surface area contributed by atoms with Crippen molar-refractivity contribution >= 4 is 17.8 Å². The summed E-state index contributed by atoms with van der Waals surface area (Å²) in [6, 6.07) is 5.76. The second-order valence-corrected chi connectivity index (χ2v) is 3.33. The second kappa shape index (κ2) is 3.14. The van der Waals surface area contributed by atoms with Gasteiger partial charge in [0, 0.05) is 0 Å². The maximum atomic E-state index is 10.8. The van der Waals surface area contributed by atoms with Crippen LogP contribution in [0.3, 0.4) is 0 Å². The predicted octanol–water partition coefficient (Wildman–Crippen LogP) is 0.632. The molecule has 0 saturated heterocycles. The minimum Gasteiger partial charge on any atom is -0.295 e. The first kappa shape index (κ1) is 8.74. The Bertz CT molecular complexity index is 473. The number of rotatable bonds is 2. The molecule has 0 atom stereocenters. The van der Waals surface area contributed by atoms with Gasteiger partial charge in [0.15, 0.2) is 12.0 Å². The third-order valence-corrected chi connectivity index (χ3v) is 2.15. The van der Waals surface area contributed by atoms with Crippen LogP contribution in [0.2, 0.25) is 0 Å². The lowest BCUT2D eigenvalue weighted by Gasteiger charge is -2.01. The molecule has 2 aromatic rings. The third kappa shape index (κ3) is 1.16. The summed E-state index contributed by atoms with van der Waals surface area (Å²) in [7, 11) is 3.86. The van der Waals surface area contributed by atoms with Crippen LogP contribution in [-0.4, -0.2) is 25.4 Å². The molecule has 2 heterocycles. The quantitative estimate of drug-likeness (QED) is 0.557. The molecule has 0 aromatic carbocycles. The number of hydrogen-bond donors (Lipinski definition) is 1. The molecular formula is C10H12N3O+. The molecule has 2 rings (SSSR count). The molecule has 0 saturated carbocycles. The number of aromatic nitrogens is 2. The zero-order valence-corrected chi connectivity index (χ0v) is 8.19. The van der Waals surface area contributed by atoms with Crippen LogP contribution in [0.4, 0.5) is 5.95 Å². The molecule has 0 unspecified atom stereocenters. The highest BCUT2D eigenvalue weighted by atomic mass is 16.1. The summed E-state index contributed by atoms with van der Waals surface area (Å²) in [6.07, 6.45) is 2.76. The normalized spacial score (nSPS) is 10.4. The van der Waals surface area contributed by atoms with E-state index in [1.54, 1.807) is 0 Å². The second-order valence-electron chi connectivity index (χ2n) is 3.33. The lowest BCUT2D eigenvalue weighted by Crippen LogP contribution is -2.28. The van der Waals surface area contributed by atoms with Crippen molar-refractivity contribution in [3.05, 3.63) is 30.1 Å². The summed E-state index contributed by atoms with van der Waals surface area (Å²) in [5.41, 5.74) is 1.50. The predicted molar refractivity (Wildman–Crippen MR) is 53.7 cm³/mol. The number of fused-ring (bicyclic) bond motifs is 1. The summed E-state index contributed by atoms with van der Waals surface area (Å²) >= 11 is 0. The van der Waals surface area contributed by atoms with Crippen LogP contribution in [0, 0.1) is 0 Å². The van der Waals surface area contributed by atoms with E-state index in [0.717, 1.165) is 17.8 Å². The molecule has 0 spiro atoms. The Morgan fingerprint density at radius 3 is 2.86 bits per heavy atom. The highest BCUT2D eigenvalue weighted by Crippen LogP contribution is 2.08. The van der Waals surface area contributed by atoms with Crippen molar-refractivity contribution in [2.75, 3.05) is 19.0 Å². The van der Waals surface area contributed by atoms with Crippen LogP contribution in [0.5, 0.6) is 0 Å². The van der Waals surface area contributed by atoms with Crippen LogP contribution < -0.4 is 9.30 Å². The Morgan fingerprint density at radius 1 is 1.43 bits per heavy atom. The molecule has 4 heteroatoms. The molecule has 0 fully saturated rings. The van der Waals surface area contributed by atoms with E-state index in [4.69, 9.17) is 0 Å². The zero-order chi connectivity index (χ0) is 10.1. The van der Waals surface area contributed by atoms with Gasteiger partial charge in [-0.25, -0.2) is 9.38 Å². The van der Waals surface area contributed by atoms with E-state index in [9.17, 15) is 4.79 Å². The lowest BCUT2D eigenvalue weighted by molar-refractivity contribution is -0.497. The van der Waals surface area contributed by atoms with Gasteiger partial charge in [-0.3, -0.25) is 9.69 Å². The van der Waals surface area contributed by atoms with Crippen molar-refractivity contribution in [1.29, 1.82) is 0 Å². The Labute approximate surface area is 81.8 Å². The molecule has 0 radical (unpaired) electrons. The van der Waals surface area contributed by atoms with E-state index >= 15 is 0 Å². The molecule has 72 valence electrons. The third-order valence-electron chi connectivity index (χ3n) is 2.15. The monoisotopic (exact) mass is 190 g/mol. The number of nitrogens with one attached hydrogen (secondary N) is 1. The first-order valence-electron chi connectivity index (χ1n) is 4.39. The first-order valence-corrected chi connectivity index (χ1v) is 4.39. The molecule has 0 amide bonds. The van der Waals surface area contributed by atoms with Crippen LogP contribution in [0.25, 0.3) is 5.52 Å². The van der Waals surface area contributed by atoms with E-state index in [0.29, 0.717) is 5.69 Å². The Balaban J connectivity index is 2.79. The van der Waals surface area contributed by atoms with Gasteiger partial charge in [-0.05, 0) is 12.1 Å². The average molecular weight is 190 g/mol. The molecule has 0 bridgehead atoms. The molecular weight excluding hydrogens is 178 g/mol. The van der Waals surface area contributed by atoms with Gasteiger partial charge in [0.1, 0.15) is 5.52 Å². The number of imidazole rings is 1. The lowest BCUT2D eigenvalue weighted by atomic mass is 10.3. The van der Waals surface area contributed by atoms with E-state index < -0.39 is 0 Å². The summed E-state index contributed by atoms with van der Waals surface area (Å²) in [6.45, 7) is 0. The molecule has 4 nitrogen and oxygen atoms in total. The summed E-state index contributed by atoms with van der Waals surface area (Å²) < 4.78 is 1.95. The maximum Gasteiger partial charge on any atom is 0.362 e. The smallest absolute Gasteiger partial charge is 0.295 e. The van der Waals surface area contributed by atoms with Crippen LogP contribution in [0.15, 0.2) is 24.4 Å². The number of aromatic amines is 1. The van der Waals surface area contributed by atoms with Crippen molar-refractivity contribution in [3.63, 3.8) is 0 Å². The molecule has 0 aliphatic carbocycles. The van der Waals surface area contributed by atoms with Crippen LogP contribution in [-0.2, 0) is 0 Å². The molecule has 0 aliphatic heterocycles. The van der Waals surface area contributed by atoms with Gasteiger partial charge < -0.3 is 0 Å². The summed E-state index contributed by atoms with van der Waals surface area (Å²) in [5.74, 6) is 0.891. The van der Waals surface area contributed by atoms with Gasteiger partial charge in [-0.2, -0.15) is 0 Å². The van der Waals surface area contributed by atoms with Gasteiger partial charge in [-0.15, -0.1) is 0 Å². The van der Waals surface area contributed by atoms with E-state index in [-0.39, 0.29) is 0 Å². The number of carbonyl (C=O) groups is 1. The van der Waals surface area contributed by atoms with Gasteiger partial charge in [-0.1, -0.05) is 6.07 Å². The maximum absolute atomic E-state index is 10.8. The van der Waals surface area contributed by atoms with E-state index in [1.807, 2.05) is 47.8 Å². The zero-order valence-electron chi connectivity index (χ0n) is 8.19. The largest absolute Gasteiger partial charge is 0.362 e. The highest BCUT2D eigenvalue weighted by molar-refractivity contribution is 5.82. The Kier molecular flexibility index (Phi) is 1.96. The van der Waals surface area contributed by atoms with Gasteiger partial charge >= 0.3 is 5.95 Å². The van der Waals surface area contributed by atoms with Crippen molar-refractivity contribution in [2.24, 2.45) is 0 Å². The van der Waals surface area contributed by atoms with Gasteiger partial charge in [0.2, 0.25) is 0 Å². The van der Waals surface area contributed by atoms with Crippen LogP contribution in [0.1, 0.15) is 10.5 Å². The summed E-state index contributed by atoms with van der Waals surface area (Å²) in [5, 5.41) is 0. The molecule has 1 N–H and O–H groups in total. The fourth-order valence-electron chi connectivity index (χ4n) is 1.51. The van der Waals surface area contributed by atoms with Gasteiger partial charge in [0.25, 0.3) is 0 Å². The standard InChI is InChI=1S/C10H11N3O/c1-12(2)10-11-8(7-14)9-5-3-4-6-13(9)10/h3-7H,1-2H3/p+1. The minimum atomic E-state index is 0.606. The average Bonchev–Trinajstić information content (AvgIpc) is 2.56. The Hall–Kier alpha value is -1.84. The van der Waals surface area contributed by atoms with Gasteiger partial charge in [0.05, 0.1) is 20.3 Å². The van der Waals surface area contributed by atoms with Crippen molar-refractivity contribution < 1.29 is 9.20 Å². The van der Waals surface area contributed by atoms with E-state index in [1.165, 1.54) is 0 Å². The fourth-order valence-corrected chi connectivity index (χ4v) is 1.51. The fraction of sp³-hybridized carbons (Fsp3) is 0.200. The number of H-pyrrole nitrogens is 1. The number of anilines is 1. The highest BCUT2D eigenvalue weighted by Gasteiger charge is 2.17. The first-order chi connectivity index (χ1) is 6.74. The number of carbonyl (C=O) groups excluding carboxylic acids is 1. The molecule has 0 aliphatic rings. The molecule has 14 heavy (non-hydrogen) atoms. The number of aldehydes is 1. The number of hydrogen-bond acceptors (Lipinski definition) is 2. The van der Waals surface area contributed by atoms with Crippen molar-refractivity contribution in [2.45, 2.75) is 0 Å². The number of nitrogens with zero attached hydrogens (tertiary/aromatic N) is 2. The molecule has 2 aromatic heterocycles. The summed E-state index contributed by atoms with van der Waals surface area (Å²) in [4.78, 5) is 15.8. The van der Waals surface area contributed by atoms with E-state index in [2.05, 4.69) is 4.98 Å². The SMILES string of the molecule is CN(C)c1[nH]c(C=O)c2cccc[n+]12. The minimum absolute atomic E-state index is 0.606. The Morgan fingerprint density at radius 2 is 2.21 bits per heavy atom. The van der Waals surface area contributed by atoms with Crippen molar-refractivity contribution in [1.82, 2.24) is 4.98 Å².